The summed E-state index contributed by atoms with van der Waals surface area (Å²) < 4.78 is 11.0. The van der Waals surface area contributed by atoms with Crippen LogP contribution in [-0.2, 0) is 16.2 Å². The highest BCUT2D eigenvalue weighted by molar-refractivity contribution is 6.06. The van der Waals surface area contributed by atoms with E-state index in [-0.39, 0.29) is 52.9 Å². The molecule has 1 aliphatic heterocycles. The molecule has 4 atom stereocenters. The molecule has 2 amide bonds. The van der Waals surface area contributed by atoms with E-state index < -0.39 is 28.4 Å². The Morgan fingerprint density at radius 1 is 1.17 bits per heavy atom. The number of hydrogen-bond donors (Lipinski definition) is 1. The molecule has 0 radical (unpaired) electrons. The third-order valence-electron chi connectivity index (χ3n) is 6.83. The third kappa shape index (κ3) is 3.88. The maximum Gasteiger partial charge on any atom is 0.335 e. The average Bonchev–Trinajstić information content (AvgIpc) is 3.55. The van der Waals surface area contributed by atoms with Crippen molar-refractivity contribution >= 4 is 29.7 Å². The van der Waals surface area contributed by atoms with Crippen molar-refractivity contribution in [3.05, 3.63) is 75.4 Å². The number of aromatic carboxylic acids is 1. The smallest absolute Gasteiger partial charge is 0.335 e. The molecule has 2 aromatic carbocycles. The molecule has 3 aliphatic rings. The Morgan fingerprint density at radius 3 is 2.36 bits per heavy atom. The van der Waals surface area contributed by atoms with E-state index >= 15 is 0 Å². The van der Waals surface area contributed by atoms with E-state index in [1.165, 1.54) is 37.6 Å². The summed E-state index contributed by atoms with van der Waals surface area (Å²) in [7, 11) is 1.33. The SMILES string of the molecule is COc1cc(C=NN2C(=O)[C@@H]3[C@H](C2=O)[C@H]2C=C[C@H]3C2)cc([N+](=O)[O-])c1OCc1ccc(C(=O)O)cc1. The molecule has 11 nitrogen and oxygen atoms in total. The molecule has 11 heteroatoms. The Balaban J connectivity index is 1.37. The number of carboxylic acid groups (broad SMARTS) is 1. The summed E-state index contributed by atoms with van der Waals surface area (Å²) in [6.45, 7) is -0.0690. The summed E-state index contributed by atoms with van der Waals surface area (Å²) in [5.41, 5.74) is 0.558. The van der Waals surface area contributed by atoms with Crippen LogP contribution in [0.2, 0.25) is 0 Å². The molecule has 2 aliphatic carbocycles. The second-order valence-electron chi connectivity index (χ2n) is 8.85. The van der Waals surface area contributed by atoms with E-state index in [0.717, 1.165) is 11.4 Å². The Labute approximate surface area is 204 Å². The number of imide groups is 1. The van der Waals surface area contributed by atoms with Crippen molar-refractivity contribution < 1.29 is 33.9 Å². The summed E-state index contributed by atoms with van der Waals surface area (Å²) in [6, 6.07) is 8.57. The summed E-state index contributed by atoms with van der Waals surface area (Å²) in [4.78, 5) is 47.8. The zero-order valence-electron chi connectivity index (χ0n) is 19.1. The number of carbonyl (C=O) groups excluding carboxylic acids is 2. The zero-order valence-corrected chi connectivity index (χ0v) is 19.1. The van der Waals surface area contributed by atoms with Crippen LogP contribution in [0.4, 0.5) is 5.69 Å². The lowest BCUT2D eigenvalue weighted by atomic mass is 9.85. The van der Waals surface area contributed by atoms with Crippen LogP contribution < -0.4 is 9.47 Å². The van der Waals surface area contributed by atoms with Gasteiger partial charge in [0.1, 0.15) is 6.61 Å². The number of amides is 2. The van der Waals surface area contributed by atoms with Crippen molar-refractivity contribution in [2.24, 2.45) is 28.8 Å². The van der Waals surface area contributed by atoms with Gasteiger partial charge in [-0.25, -0.2) is 4.79 Å². The summed E-state index contributed by atoms with van der Waals surface area (Å²) in [5.74, 6) is -2.52. The number of hydrazone groups is 1. The fraction of sp³-hybridized carbons (Fsp3) is 0.280. The lowest BCUT2D eigenvalue weighted by Gasteiger charge is -2.13. The molecule has 2 aromatic rings. The lowest BCUT2D eigenvalue weighted by Crippen LogP contribution is -2.28. The van der Waals surface area contributed by atoms with Crippen molar-refractivity contribution in [1.82, 2.24) is 5.01 Å². The molecule has 5 rings (SSSR count). The van der Waals surface area contributed by atoms with Gasteiger partial charge in [0.05, 0.1) is 35.6 Å². The van der Waals surface area contributed by atoms with Gasteiger partial charge in [-0.1, -0.05) is 24.3 Å². The normalized spacial score (nSPS) is 24.0. The number of allylic oxidation sites excluding steroid dienone is 2. The second kappa shape index (κ2) is 8.91. The number of fused-ring (bicyclic) bond motifs is 5. The molecule has 0 aromatic heterocycles. The molecule has 36 heavy (non-hydrogen) atoms. The van der Waals surface area contributed by atoms with Crippen molar-refractivity contribution in [1.29, 1.82) is 0 Å². The maximum absolute atomic E-state index is 12.8. The molecular formula is C25H21N3O8. The minimum atomic E-state index is -1.07. The molecular weight excluding hydrogens is 470 g/mol. The van der Waals surface area contributed by atoms with Gasteiger partial charge >= 0.3 is 11.7 Å². The standard InChI is InChI=1S/C25H21N3O8/c1-35-19-9-14(11-26-27-23(29)20-16-6-7-17(10-16)21(20)24(27)30)8-18(28(33)34)22(19)36-12-13-2-4-15(5-3-13)25(31)32/h2-9,11,16-17,20-21H,10,12H2,1H3,(H,31,32)/t16-,17-,20-,21+/m0/s1. The maximum atomic E-state index is 12.8. The van der Waals surface area contributed by atoms with Crippen molar-refractivity contribution in [3.8, 4) is 11.5 Å². The number of nitro groups is 1. The quantitative estimate of drug-likeness (QED) is 0.195. The Hall–Kier alpha value is -4.54. The molecule has 0 unspecified atom stereocenters. The first-order valence-corrected chi connectivity index (χ1v) is 11.2. The van der Waals surface area contributed by atoms with Gasteiger partial charge in [-0.3, -0.25) is 19.7 Å². The van der Waals surface area contributed by atoms with Gasteiger partial charge in [0.2, 0.25) is 5.75 Å². The fourth-order valence-corrected chi connectivity index (χ4v) is 5.14. The zero-order chi connectivity index (χ0) is 25.6. The monoisotopic (exact) mass is 491 g/mol. The first kappa shape index (κ1) is 23.2. The van der Waals surface area contributed by atoms with Crippen LogP contribution in [-0.4, -0.2) is 46.1 Å². The van der Waals surface area contributed by atoms with E-state index in [4.69, 9.17) is 14.6 Å². The van der Waals surface area contributed by atoms with E-state index in [2.05, 4.69) is 5.10 Å². The Bertz CT molecular complexity index is 1300. The van der Waals surface area contributed by atoms with Crippen molar-refractivity contribution in [3.63, 3.8) is 0 Å². The largest absolute Gasteiger partial charge is 0.493 e. The Kier molecular flexibility index (Phi) is 5.75. The Morgan fingerprint density at radius 2 is 1.81 bits per heavy atom. The second-order valence-corrected chi connectivity index (χ2v) is 8.85. The number of benzene rings is 2. The summed E-state index contributed by atoms with van der Waals surface area (Å²) in [6.07, 6.45) is 5.99. The predicted octanol–water partition coefficient (Wildman–Crippen LogP) is 3.02. The van der Waals surface area contributed by atoms with Crippen LogP contribution in [0.15, 0.2) is 53.7 Å². The van der Waals surface area contributed by atoms with E-state index in [1.54, 1.807) is 12.1 Å². The van der Waals surface area contributed by atoms with Gasteiger partial charge in [-0.05, 0) is 42.0 Å². The van der Waals surface area contributed by atoms with E-state index in [9.17, 15) is 24.5 Å². The number of nitro benzene ring substituents is 1. The number of carboxylic acids is 1. The minimum absolute atomic E-state index is 0.0506. The van der Waals surface area contributed by atoms with Crippen LogP contribution in [0.1, 0.15) is 27.9 Å². The number of rotatable bonds is 8. The van der Waals surface area contributed by atoms with Gasteiger partial charge in [-0.15, -0.1) is 0 Å². The third-order valence-corrected chi connectivity index (χ3v) is 6.83. The fourth-order valence-electron chi connectivity index (χ4n) is 5.14. The highest BCUT2D eigenvalue weighted by atomic mass is 16.6. The molecule has 1 N–H and O–H groups in total. The van der Waals surface area contributed by atoms with Crippen LogP contribution in [0, 0.1) is 33.8 Å². The number of carbonyl (C=O) groups is 3. The average molecular weight is 491 g/mol. The summed E-state index contributed by atoms with van der Waals surface area (Å²) >= 11 is 0. The van der Waals surface area contributed by atoms with Crippen LogP contribution >= 0.6 is 0 Å². The first-order chi connectivity index (χ1) is 17.3. The molecule has 184 valence electrons. The van der Waals surface area contributed by atoms with Crippen LogP contribution in [0.3, 0.4) is 0 Å². The molecule has 0 spiro atoms. The van der Waals surface area contributed by atoms with Gasteiger partial charge in [0, 0.05) is 11.6 Å². The highest BCUT2D eigenvalue weighted by Crippen LogP contribution is 2.52. The van der Waals surface area contributed by atoms with E-state index in [0.29, 0.717) is 5.56 Å². The first-order valence-electron chi connectivity index (χ1n) is 11.2. The number of hydrogen-bond acceptors (Lipinski definition) is 8. The molecule has 1 saturated heterocycles. The van der Waals surface area contributed by atoms with Gasteiger partial charge in [0.15, 0.2) is 5.75 Å². The predicted molar refractivity (Wildman–Crippen MR) is 125 cm³/mol. The van der Waals surface area contributed by atoms with Gasteiger partial charge < -0.3 is 14.6 Å². The number of nitrogens with zero attached hydrogens (tertiary/aromatic N) is 3. The number of methoxy groups -OCH3 is 1. The van der Waals surface area contributed by atoms with Crippen molar-refractivity contribution in [2.75, 3.05) is 7.11 Å². The summed E-state index contributed by atoms with van der Waals surface area (Å²) in [5, 5.41) is 25.7. The van der Waals surface area contributed by atoms with Gasteiger partial charge in [0.25, 0.3) is 11.8 Å². The lowest BCUT2D eigenvalue weighted by molar-refractivity contribution is -0.386. The number of ether oxygens (including phenoxy) is 2. The van der Waals surface area contributed by atoms with Crippen molar-refractivity contribution in [2.45, 2.75) is 13.0 Å². The minimum Gasteiger partial charge on any atom is -0.493 e. The van der Waals surface area contributed by atoms with Crippen LogP contribution in [0.25, 0.3) is 0 Å². The topological polar surface area (TPSA) is 149 Å². The molecule has 1 heterocycles. The molecule has 1 saturated carbocycles. The van der Waals surface area contributed by atoms with Crippen LogP contribution in [0.5, 0.6) is 11.5 Å². The molecule has 2 bridgehead atoms. The molecule has 2 fully saturated rings. The van der Waals surface area contributed by atoms with Gasteiger partial charge in [-0.2, -0.15) is 10.1 Å². The van der Waals surface area contributed by atoms with E-state index in [1.807, 2.05) is 12.2 Å². The highest BCUT2D eigenvalue weighted by Gasteiger charge is 2.59.